The average molecular weight is 233 g/mol. The molecular formula is C12H19N5. The first-order valence-electron chi connectivity index (χ1n) is 5.56. The summed E-state index contributed by atoms with van der Waals surface area (Å²) in [5.41, 5.74) is 5.69. The van der Waals surface area contributed by atoms with E-state index >= 15 is 0 Å². The number of nitrogens with two attached hydrogens (primary N) is 1. The highest BCUT2D eigenvalue weighted by molar-refractivity contribution is 5.36. The lowest BCUT2D eigenvalue weighted by molar-refractivity contribution is 0.749. The summed E-state index contributed by atoms with van der Waals surface area (Å²) in [6.45, 7) is 12.7. The van der Waals surface area contributed by atoms with E-state index in [-0.39, 0.29) is 11.9 Å². The zero-order valence-corrected chi connectivity index (χ0v) is 10.4. The third kappa shape index (κ3) is 3.55. The van der Waals surface area contributed by atoms with Crippen LogP contribution in [0.4, 0.5) is 11.9 Å². The van der Waals surface area contributed by atoms with Crippen LogP contribution in [0.1, 0.15) is 25.6 Å². The van der Waals surface area contributed by atoms with E-state index in [1.165, 1.54) is 0 Å². The summed E-state index contributed by atoms with van der Waals surface area (Å²) in [5, 5.41) is 0. The minimum atomic E-state index is 0.216. The van der Waals surface area contributed by atoms with Crippen molar-refractivity contribution in [3.05, 3.63) is 31.1 Å². The van der Waals surface area contributed by atoms with Gasteiger partial charge in [0.1, 0.15) is 5.82 Å². The molecule has 0 saturated heterocycles. The van der Waals surface area contributed by atoms with E-state index in [1.54, 1.807) is 12.2 Å². The maximum atomic E-state index is 5.69. The SMILES string of the molecule is C=CCN(CC=C)c1nc(N)nc(C(C)C)n1. The van der Waals surface area contributed by atoms with Crippen LogP contribution in [0.5, 0.6) is 0 Å². The van der Waals surface area contributed by atoms with Crippen LogP contribution in [0.15, 0.2) is 25.3 Å². The molecule has 1 heterocycles. The zero-order valence-electron chi connectivity index (χ0n) is 10.4. The predicted octanol–water partition coefficient (Wildman–Crippen LogP) is 1.76. The average Bonchev–Trinajstić information content (AvgIpc) is 2.28. The fraction of sp³-hybridized carbons (Fsp3) is 0.417. The Bertz CT molecular complexity index is 390. The van der Waals surface area contributed by atoms with Crippen molar-refractivity contribution in [2.24, 2.45) is 0 Å². The molecule has 0 bridgehead atoms. The molecule has 92 valence electrons. The highest BCUT2D eigenvalue weighted by Crippen LogP contribution is 2.14. The summed E-state index contributed by atoms with van der Waals surface area (Å²) in [6.07, 6.45) is 3.58. The van der Waals surface area contributed by atoms with Crippen molar-refractivity contribution in [1.29, 1.82) is 0 Å². The molecule has 5 heteroatoms. The Labute approximate surface area is 102 Å². The number of aromatic nitrogens is 3. The summed E-state index contributed by atoms with van der Waals surface area (Å²) in [5.74, 6) is 1.73. The van der Waals surface area contributed by atoms with Crippen molar-refractivity contribution in [2.75, 3.05) is 23.7 Å². The van der Waals surface area contributed by atoms with Crippen LogP contribution in [0.25, 0.3) is 0 Å². The fourth-order valence-electron chi connectivity index (χ4n) is 1.35. The quantitative estimate of drug-likeness (QED) is 0.758. The van der Waals surface area contributed by atoms with Crippen molar-refractivity contribution in [3.8, 4) is 0 Å². The van der Waals surface area contributed by atoms with Gasteiger partial charge in [-0.3, -0.25) is 0 Å². The molecule has 0 saturated carbocycles. The summed E-state index contributed by atoms with van der Waals surface area (Å²) in [4.78, 5) is 14.6. The highest BCUT2D eigenvalue weighted by atomic mass is 15.3. The number of hydrogen-bond acceptors (Lipinski definition) is 5. The summed E-state index contributed by atoms with van der Waals surface area (Å²) in [7, 11) is 0. The van der Waals surface area contributed by atoms with Crippen LogP contribution >= 0.6 is 0 Å². The van der Waals surface area contributed by atoms with Gasteiger partial charge < -0.3 is 10.6 Å². The number of hydrogen-bond donors (Lipinski definition) is 1. The number of nitrogen functional groups attached to an aromatic ring is 1. The number of nitrogens with zero attached hydrogens (tertiary/aromatic N) is 4. The summed E-state index contributed by atoms with van der Waals surface area (Å²) < 4.78 is 0. The van der Waals surface area contributed by atoms with Crippen LogP contribution in [-0.2, 0) is 0 Å². The molecule has 0 radical (unpaired) electrons. The maximum absolute atomic E-state index is 5.69. The molecule has 0 amide bonds. The van der Waals surface area contributed by atoms with Crippen LogP contribution in [-0.4, -0.2) is 28.0 Å². The molecule has 0 fully saturated rings. The van der Waals surface area contributed by atoms with Crippen LogP contribution in [0.2, 0.25) is 0 Å². The molecule has 0 spiro atoms. The lowest BCUT2D eigenvalue weighted by Crippen LogP contribution is -2.26. The molecular weight excluding hydrogens is 214 g/mol. The second-order valence-electron chi connectivity index (χ2n) is 3.99. The summed E-state index contributed by atoms with van der Waals surface area (Å²) >= 11 is 0. The van der Waals surface area contributed by atoms with Gasteiger partial charge in [0.05, 0.1) is 0 Å². The van der Waals surface area contributed by atoms with Gasteiger partial charge >= 0.3 is 0 Å². The maximum Gasteiger partial charge on any atom is 0.230 e. The topological polar surface area (TPSA) is 67.9 Å². The third-order valence-electron chi connectivity index (χ3n) is 2.16. The smallest absolute Gasteiger partial charge is 0.230 e. The van der Waals surface area contributed by atoms with Crippen molar-refractivity contribution in [2.45, 2.75) is 19.8 Å². The molecule has 1 rings (SSSR count). The van der Waals surface area contributed by atoms with Gasteiger partial charge in [0.15, 0.2) is 0 Å². The second kappa shape index (κ2) is 5.98. The minimum absolute atomic E-state index is 0.216. The molecule has 1 aromatic heterocycles. The van der Waals surface area contributed by atoms with E-state index < -0.39 is 0 Å². The zero-order chi connectivity index (χ0) is 12.8. The Morgan fingerprint density at radius 3 is 2.24 bits per heavy atom. The first-order valence-corrected chi connectivity index (χ1v) is 5.56. The van der Waals surface area contributed by atoms with Gasteiger partial charge in [-0.2, -0.15) is 15.0 Å². The lowest BCUT2D eigenvalue weighted by atomic mass is 10.2. The molecule has 0 atom stereocenters. The van der Waals surface area contributed by atoms with Crippen molar-refractivity contribution in [1.82, 2.24) is 15.0 Å². The molecule has 2 N–H and O–H groups in total. The molecule has 0 unspecified atom stereocenters. The van der Waals surface area contributed by atoms with E-state index in [0.717, 1.165) is 0 Å². The fourth-order valence-corrected chi connectivity index (χ4v) is 1.35. The second-order valence-corrected chi connectivity index (χ2v) is 3.99. The molecule has 0 aliphatic carbocycles. The van der Waals surface area contributed by atoms with Gasteiger partial charge in [0, 0.05) is 19.0 Å². The molecule has 1 aromatic rings. The van der Waals surface area contributed by atoms with Gasteiger partial charge in [-0.25, -0.2) is 0 Å². The monoisotopic (exact) mass is 233 g/mol. The van der Waals surface area contributed by atoms with Crippen molar-refractivity contribution >= 4 is 11.9 Å². The molecule has 17 heavy (non-hydrogen) atoms. The van der Waals surface area contributed by atoms with Crippen LogP contribution in [0, 0.1) is 0 Å². The standard InChI is InChI=1S/C12H19N5/c1-5-7-17(8-6-2)12-15-10(9(3)4)14-11(13)16-12/h5-6,9H,1-2,7-8H2,3-4H3,(H2,13,14,15,16). The van der Waals surface area contributed by atoms with Gasteiger partial charge in [0.2, 0.25) is 11.9 Å². The molecule has 0 aromatic carbocycles. The van der Waals surface area contributed by atoms with Gasteiger partial charge in [-0.15, -0.1) is 13.2 Å². The third-order valence-corrected chi connectivity index (χ3v) is 2.16. The van der Waals surface area contributed by atoms with Crippen molar-refractivity contribution in [3.63, 3.8) is 0 Å². The van der Waals surface area contributed by atoms with E-state index in [0.29, 0.717) is 24.9 Å². The Balaban J connectivity index is 3.08. The lowest BCUT2D eigenvalue weighted by Gasteiger charge is -2.20. The Morgan fingerprint density at radius 2 is 1.76 bits per heavy atom. The van der Waals surface area contributed by atoms with Crippen molar-refractivity contribution < 1.29 is 0 Å². The Kier molecular flexibility index (Phi) is 4.63. The minimum Gasteiger partial charge on any atom is -0.368 e. The molecule has 5 nitrogen and oxygen atoms in total. The first-order chi connectivity index (χ1) is 8.08. The first kappa shape index (κ1) is 13.2. The number of anilines is 2. The van der Waals surface area contributed by atoms with E-state index in [4.69, 9.17) is 5.73 Å². The van der Waals surface area contributed by atoms with Gasteiger partial charge in [0.25, 0.3) is 0 Å². The van der Waals surface area contributed by atoms with Crippen LogP contribution in [0.3, 0.4) is 0 Å². The molecule has 0 aliphatic rings. The largest absolute Gasteiger partial charge is 0.368 e. The normalized spacial score (nSPS) is 10.3. The Morgan fingerprint density at radius 1 is 1.18 bits per heavy atom. The van der Waals surface area contributed by atoms with Gasteiger partial charge in [-0.05, 0) is 0 Å². The van der Waals surface area contributed by atoms with E-state index in [2.05, 4.69) is 28.1 Å². The number of rotatable bonds is 6. The van der Waals surface area contributed by atoms with E-state index in [1.807, 2.05) is 18.7 Å². The Hall–Kier alpha value is -1.91. The highest BCUT2D eigenvalue weighted by Gasteiger charge is 2.12. The van der Waals surface area contributed by atoms with E-state index in [9.17, 15) is 0 Å². The van der Waals surface area contributed by atoms with Crippen LogP contribution < -0.4 is 10.6 Å². The molecule has 0 aliphatic heterocycles. The van der Waals surface area contributed by atoms with Gasteiger partial charge in [-0.1, -0.05) is 26.0 Å². The summed E-state index contributed by atoms with van der Waals surface area (Å²) in [6, 6.07) is 0. The predicted molar refractivity (Wildman–Crippen MR) is 70.9 cm³/mol.